The average Bonchev–Trinajstić information content (AvgIpc) is 2.41. The number of hydrogen-bond acceptors (Lipinski definition) is 3. The SMILES string of the molecule is Cc1ccccc1CN1CCC(N(C)CC(=O)O)CC1. The molecule has 4 nitrogen and oxygen atoms in total. The third kappa shape index (κ3) is 4.05. The number of piperidine rings is 1. The third-order valence-corrected chi connectivity index (χ3v) is 4.22. The molecule has 0 aliphatic carbocycles. The number of aryl methyl sites for hydroxylation is 1. The van der Waals surface area contributed by atoms with E-state index in [0.29, 0.717) is 6.04 Å². The monoisotopic (exact) mass is 276 g/mol. The highest BCUT2D eigenvalue weighted by Gasteiger charge is 2.23. The molecule has 0 saturated carbocycles. The molecule has 0 radical (unpaired) electrons. The first-order valence-electron chi connectivity index (χ1n) is 7.25. The number of hydrogen-bond donors (Lipinski definition) is 1. The molecule has 1 saturated heterocycles. The number of carboxylic acids is 1. The molecule has 4 heteroatoms. The molecule has 0 unspecified atom stereocenters. The van der Waals surface area contributed by atoms with Crippen molar-refractivity contribution < 1.29 is 9.90 Å². The Balaban J connectivity index is 1.83. The van der Waals surface area contributed by atoms with Gasteiger partial charge in [-0.2, -0.15) is 0 Å². The lowest BCUT2D eigenvalue weighted by Crippen LogP contribution is -2.44. The zero-order valence-corrected chi connectivity index (χ0v) is 12.4. The van der Waals surface area contributed by atoms with Gasteiger partial charge in [-0.15, -0.1) is 0 Å². The van der Waals surface area contributed by atoms with Crippen LogP contribution in [-0.4, -0.2) is 53.6 Å². The van der Waals surface area contributed by atoms with Gasteiger partial charge in [0.25, 0.3) is 0 Å². The van der Waals surface area contributed by atoms with Gasteiger partial charge in [-0.3, -0.25) is 14.6 Å². The number of likely N-dealkylation sites (N-methyl/N-ethyl adjacent to an activating group) is 1. The van der Waals surface area contributed by atoms with Crippen LogP contribution in [-0.2, 0) is 11.3 Å². The highest BCUT2D eigenvalue weighted by Crippen LogP contribution is 2.18. The Morgan fingerprint density at radius 3 is 2.60 bits per heavy atom. The minimum absolute atomic E-state index is 0.141. The van der Waals surface area contributed by atoms with E-state index >= 15 is 0 Å². The minimum atomic E-state index is -0.741. The Morgan fingerprint density at radius 2 is 2.00 bits per heavy atom. The average molecular weight is 276 g/mol. The highest BCUT2D eigenvalue weighted by molar-refractivity contribution is 5.69. The maximum absolute atomic E-state index is 10.7. The molecule has 0 aromatic heterocycles. The summed E-state index contributed by atoms with van der Waals surface area (Å²) in [6.07, 6.45) is 2.10. The molecule has 1 aromatic carbocycles. The van der Waals surface area contributed by atoms with Crippen molar-refractivity contribution in [3.8, 4) is 0 Å². The smallest absolute Gasteiger partial charge is 0.317 e. The van der Waals surface area contributed by atoms with Crippen molar-refractivity contribution in [1.29, 1.82) is 0 Å². The number of rotatable bonds is 5. The Kier molecular flexibility index (Phi) is 5.15. The molecular formula is C16H24N2O2. The van der Waals surface area contributed by atoms with Crippen molar-refractivity contribution in [2.45, 2.75) is 32.4 Å². The molecule has 20 heavy (non-hydrogen) atoms. The summed E-state index contributed by atoms with van der Waals surface area (Å²) in [7, 11) is 1.91. The molecule has 0 spiro atoms. The van der Waals surface area contributed by atoms with Crippen LogP contribution >= 0.6 is 0 Å². The molecule has 0 bridgehead atoms. The maximum atomic E-state index is 10.7. The van der Waals surface area contributed by atoms with Gasteiger partial charge in [-0.05, 0) is 51.0 Å². The van der Waals surface area contributed by atoms with Gasteiger partial charge in [0.2, 0.25) is 0 Å². The number of benzene rings is 1. The number of likely N-dealkylation sites (tertiary alicyclic amines) is 1. The van der Waals surface area contributed by atoms with Crippen molar-refractivity contribution in [1.82, 2.24) is 9.80 Å². The lowest BCUT2D eigenvalue weighted by atomic mass is 10.0. The quantitative estimate of drug-likeness (QED) is 0.893. The van der Waals surface area contributed by atoms with Gasteiger partial charge in [0.1, 0.15) is 0 Å². The van der Waals surface area contributed by atoms with Gasteiger partial charge in [-0.1, -0.05) is 24.3 Å². The van der Waals surface area contributed by atoms with Gasteiger partial charge >= 0.3 is 5.97 Å². The lowest BCUT2D eigenvalue weighted by Gasteiger charge is -2.36. The molecule has 1 aromatic rings. The van der Waals surface area contributed by atoms with Gasteiger partial charge in [0.05, 0.1) is 6.54 Å². The largest absolute Gasteiger partial charge is 0.480 e. The van der Waals surface area contributed by atoms with Crippen LogP contribution in [0.5, 0.6) is 0 Å². The van der Waals surface area contributed by atoms with Gasteiger partial charge in [0, 0.05) is 12.6 Å². The molecule has 110 valence electrons. The molecular weight excluding hydrogens is 252 g/mol. The van der Waals surface area contributed by atoms with Crippen molar-refractivity contribution in [3.05, 3.63) is 35.4 Å². The summed E-state index contributed by atoms with van der Waals surface area (Å²) in [5.74, 6) is -0.741. The second kappa shape index (κ2) is 6.86. The van der Waals surface area contributed by atoms with E-state index in [-0.39, 0.29) is 6.54 Å². The van der Waals surface area contributed by atoms with E-state index in [1.54, 1.807) is 0 Å². The van der Waals surface area contributed by atoms with Crippen LogP contribution in [0.4, 0.5) is 0 Å². The summed E-state index contributed by atoms with van der Waals surface area (Å²) in [6.45, 7) is 5.39. The zero-order chi connectivity index (χ0) is 14.5. The highest BCUT2D eigenvalue weighted by atomic mass is 16.4. The van der Waals surface area contributed by atoms with E-state index in [9.17, 15) is 4.79 Å². The Bertz CT molecular complexity index is 454. The predicted octanol–water partition coefficient (Wildman–Crippen LogP) is 1.98. The molecule has 1 aliphatic heterocycles. The van der Waals surface area contributed by atoms with Crippen LogP contribution in [0, 0.1) is 6.92 Å². The molecule has 1 aliphatic rings. The molecule has 0 atom stereocenters. The summed E-state index contributed by atoms with van der Waals surface area (Å²) in [5.41, 5.74) is 2.74. The summed E-state index contributed by atoms with van der Waals surface area (Å²) in [6, 6.07) is 8.92. The van der Waals surface area contributed by atoms with Gasteiger partial charge in [0.15, 0.2) is 0 Å². The van der Waals surface area contributed by atoms with Crippen LogP contribution < -0.4 is 0 Å². The second-order valence-corrected chi connectivity index (χ2v) is 5.74. The normalized spacial score (nSPS) is 17.6. The number of carbonyl (C=O) groups is 1. The van der Waals surface area contributed by atoms with Crippen LogP contribution in [0.15, 0.2) is 24.3 Å². The van der Waals surface area contributed by atoms with E-state index in [1.165, 1.54) is 11.1 Å². The maximum Gasteiger partial charge on any atom is 0.317 e. The summed E-state index contributed by atoms with van der Waals surface area (Å²) < 4.78 is 0. The lowest BCUT2D eigenvalue weighted by molar-refractivity contribution is -0.138. The van der Waals surface area contributed by atoms with Crippen LogP contribution in [0.1, 0.15) is 24.0 Å². The molecule has 2 rings (SSSR count). The predicted molar refractivity (Wildman–Crippen MR) is 79.7 cm³/mol. The fourth-order valence-corrected chi connectivity index (χ4v) is 2.89. The van der Waals surface area contributed by atoms with Crippen molar-refractivity contribution >= 4 is 5.97 Å². The van der Waals surface area contributed by atoms with E-state index in [2.05, 4.69) is 36.1 Å². The summed E-state index contributed by atoms with van der Waals surface area (Å²) in [5, 5.41) is 8.84. The Labute approximate surface area is 121 Å². The van der Waals surface area contributed by atoms with Crippen molar-refractivity contribution in [3.63, 3.8) is 0 Å². The summed E-state index contributed by atoms with van der Waals surface area (Å²) in [4.78, 5) is 15.2. The number of carboxylic acid groups (broad SMARTS) is 1. The van der Waals surface area contributed by atoms with Crippen LogP contribution in [0.3, 0.4) is 0 Å². The van der Waals surface area contributed by atoms with E-state index in [0.717, 1.165) is 32.5 Å². The zero-order valence-electron chi connectivity index (χ0n) is 12.4. The van der Waals surface area contributed by atoms with Crippen LogP contribution in [0.25, 0.3) is 0 Å². The first-order chi connectivity index (χ1) is 9.56. The molecule has 1 heterocycles. The topological polar surface area (TPSA) is 43.8 Å². The number of nitrogens with zero attached hydrogens (tertiary/aromatic N) is 2. The van der Waals surface area contributed by atoms with E-state index in [1.807, 2.05) is 11.9 Å². The Morgan fingerprint density at radius 1 is 1.35 bits per heavy atom. The van der Waals surface area contributed by atoms with Crippen LogP contribution in [0.2, 0.25) is 0 Å². The molecule has 1 fully saturated rings. The molecule has 1 N–H and O–H groups in total. The minimum Gasteiger partial charge on any atom is -0.480 e. The molecule has 0 amide bonds. The first-order valence-corrected chi connectivity index (χ1v) is 7.25. The van der Waals surface area contributed by atoms with E-state index in [4.69, 9.17) is 5.11 Å². The third-order valence-electron chi connectivity index (χ3n) is 4.22. The fourth-order valence-electron chi connectivity index (χ4n) is 2.89. The van der Waals surface area contributed by atoms with Crippen molar-refractivity contribution in [2.24, 2.45) is 0 Å². The van der Waals surface area contributed by atoms with E-state index < -0.39 is 5.97 Å². The van der Waals surface area contributed by atoms with Gasteiger partial charge in [-0.25, -0.2) is 0 Å². The standard InChI is InChI=1S/C16H24N2O2/c1-13-5-3-4-6-14(13)11-18-9-7-15(8-10-18)17(2)12-16(19)20/h3-6,15H,7-12H2,1-2H3,(H,19,20). The summed E-state index contributed by atoms with van der Waals surface area (Å²) >= 11 is 0. The second-order valence-electron chi connectivity index (χ2n) is 5.74. The number of aliphatic carboxylic acids is 1. The Hall–Kier alpha value is -1.39. The van der Waals surface area contributed by atoms with Gasteiger partial charge < -0.3 is 5.11 Å². The first kappa shape index (κ1) is 15.0. The fraction of sp³-hybridized carbons (Fsp3) is 0.562. The van der Waals surface area contributed by atoms with Crippen molar-refractivity contribution in [2.75, 3.05) is 26.7 Å².